The zero-order valence-corrected chi connectivity index (χ0v) is 9.63. The number of methoxy groups -OCH3 is 1. The van der Waals surface area contributed by atoms with Gasteiger partial charge in [0, 0.05) is 26.3 Å². The molecule has 1 heterocycles. The summed E-state index contributed by atoms with van der Waals surface area (Å²) in [5, 5.41) is 11.1. The van der Waals surface area contributed by atoms with Gasteiger partial charge < -0.3 is 10.1 Å². The van der Waals surface area contributed by atoms with E-state index >= 15 is 0 Å². The third kappa shape index (κ3) is 5.54. The Kier molecular flexibility index (Phi) is 6.04. The molecule has 1 aromatic rings. The molecule has 0 aliphatic heterocycles. The maximum absolute atomic E-state index is 5.70. The fourth-order valence-electron chi connectivity index (χ4n) is 1.22. The lowest BCUT2D eigenvalue weighted by Gasteiger charge is -2.05. The Morgan fingerprint density at radius 3 is 3.00 bits per heavy atom. The highest BCUT2D eigenvalue weighted by molar-refractivity contribution is 6.29. The van der Waals surface area contributed by atoms with Crippen LogP contribution in [0.1, 0.15) is 19.3 Å². The highest BCUT2D eigenvalue weighted by atomic mass is 35.5. The molecule has 0 radical (unpaired) electrons. The normalized spacial score (nSPS) is 10.3. The van der Waals surface area contributed by atoms with Gasteiger partial charge in [0.25, 0.3) is 0 Å². The van der Waals surface area contributed by atoms with Crippen molar-refractivity contribution in [2.24, 2.45) is 0 Å². The third-order valence-corrected chi connectivity index (χ3v) is 2.16. The molecule has 0 aromatic carbocycles. The van der Waals surface area contributed by atoms with E-state index in [1.165, 1.54) is 0 Å². The summed E-state index contributed by atoms with van der Waals surface area (Å²) in [4.78, 5) is 0. The molecule has 5 heteroatoms. The van der Waals surface area contributed by atoms with Crippen molar-refractivity contribution < 1.29 is 4.74 Å². The zero-order chi connectivity index (χ0) is 10.9. The van der Waals surface area contributed by atoms with Gasteiger partial charge in [0.1, 0.15) is 0 Å². The summed E-state index contributed by atoms with van der Waals surface area (Å²) in [5.74, 6) is 0. The lowest BCUT2D eigenvalue weighted by molar-refractivity contribution is 0.192. The van der Waals surface area contributed by atoms with Crippen molar-refractivity contribution in [3.63, 3.8) is 0 Å². The third-order valence-electron chi connectivity index (χ3n) is 1.98. The predicted molar refractivity (Wildman–Crippen MR) is 61.3 cm³/mol. The van der Waals surface area contributed by atoms with E-state index in [-0.39, 0.29) is 0 Å². The molecule has 0 aliphatic rings. The summed E-state index contributed by atoms with van der Waals surface area (Å²) < 4.78 is 4.97. The van der Waals surface area contributed by atoms with Crippen molar-refractivity contribution in [3.05, 3.63) is 17.4 Å². The van der Waals surface area contributed by atoms with E-state index < -0.39 is 0 Å². The minimum absolute atomic E-state index is 0.416. The fourth-order valence-corrected chi connectivity index (χ4v) is 1.38. The van der Waals surface area contributed by atoms with Gasteiger partial charge in [-0.05, 0) is 19.3 Å². The molecule has 4 nitrogen and oxygen atoms in total. The quantitative estimate of drug-likeness (QED) is 0.730. The molecule has 0 saturated carbocycles. The van der Waals surface area contributed by atoms with Crippen molar-refractivity contribution in [3.8, 4) is 0 Å². The summed E-state index contributed by atoms with van der Waals surface area (Å²) in [6.07, 6.45) is 5.05. The van der Waals surface area contributed by atoms with Gasteiger partial charge in [0.05, 0.1) is 11.9 Å². The molecule has 0 saturated heterocycles. The first-order valence-corrected chi connectivity index (χ1v) is 5.42. The van der Waals surface area contributed by atoms with E-state index in [0.717, 1.165) is 38.1 Å². The number of hydrogen-bond donors (Lipinski definition) is 1. The topological polar surface area (TPSA) is 47.0 Å². The molecule has 84 valence electrons. The number of aromatic nitrogens is 2. The zero-order valence-electron chi connectivity index (χ0n) is 8.87. The summed E-state index contributed by atoms with van der Waals surface area (Å²) in [6.45, 7) is 1.76. The number of nitrogens with zero attached hydrogens (tertiary/aromatic N) is 2. The molecule has 0 fully saturated rings. The van der Waals surface area contributed by atoms with Crippen LogP contribution in [0.4, 0.5) is 5.69 Å². The van der Waals surface area contributed by atoms with Crippen LogP contribution in [0.3, 0.4) is 0 Å². The molecule has 0 aliphatic carbocycles. The van der Waals surface area contributed by atoms with Crippen molar-refractivity contribution >= 4 is 17.3 Å². The smallest absolute Gasteiger partial charge is 0.153 e. The Balaban J connectivity index is 2.10. The predicted octanol–water partition coefficient (Wildman–Crippen LogP) is 2.36. The van der Waals surface area contributed by atoms with Crippen molar-refractivity contribution in [1.29, 1.82) is 0 Å². The van der Waals surface area contributed by atoms with Crippen molar-refractivity contribution in [1.82, 2.24) is 10.2 Å². The SMILES string of the molecule is COCCCCCNc1cnnc(Cl)c1. The maximum Gasteiger partial charge on any atom is 0.153 e. The van der Waals surface area contributed by atoms with Crippen molar-refractivity contribution in [2.75, 3.05) is 25.6 Å². The van der Waals surface area contributed by atoms with Gasteiger partial charge in [-0.2, -0.15) is 5.10 Å². The molecule has 0 spiro atoms. The Morgan fingerprint density at radius 2 is 2.27 bits per heavy atom. The number of ether oxygens (including phenoxy) is 1. The Hall–Kier alpha value is -0.870. The summed E-state index contributed by atoms with van der Waals surface area (Å²) >= 11 is 5.70. The van der Waals surface area contributed by atoms with Gasteiger partial charge in [0.15, 0.2) is 5.15 Å². The van der Waals surface area contributed by atoms with Gasteiger partial charge in [-0.1, -0.05) is 11.6 Å². The number of anilines is 1. The number of unbranched alkanes of at least 4 members (excludes halogenated alkanes) is 2. The second-order valence-electron chi connectivity index (χ2n) is 3.25. The minimum atomic E-state index is 0.416. The molecule has 1 rings (SSSR count). The Labute approximate surface area is 95.0 Å². The molecule has 0 unspecified atom stereocenters. The molecule has 1 aromatic heterocycles. The fraction of sp³-hybridized carbons (Fsp3) is 0.600. The van der Waals surface area contributed by atoms with Crippen LogP contribution in [0, 0.1) is 0 Å². The molecule has 0 amide bonds. The molecule has 15 heavy (non-hydrogen) atoms. The van der Waals surface area contributed by atoms with E-state index in [1.807, 2.05) is 0 Å². The van der Waals surface area contributed by atoms with Crippen molar-refractivity contribution in [2.45, 2.75) is 19.3 Å². The van der Waals surface area contributed by atoms with Crippen LogP contribution in [-0.4, -0.2) is 30.5 Å². The number of halogens is 1. The molecule has 0 atom stereocenters. The standard InChI is InChI=1S/C10H16ClN3O/c1-15-6-4-2-3-5-12-9-7-10(11)14-13-8-9/h7-8H,2-6H2,1H3,(H,12,14). The van der Waals surface area contributed by atoms with Gasteiger partial charge >= 0.3 is 0 Å². The first-order chi connectivity index (χ1) is 7.33. The minimum Gasteiger partial charge on any atom is -0.385 e. The molecular weight excluding hydrogens is 214 g/mol. The monoisotopic (exact) mass is 229 g/mol. The molecule has 1 N–H and O–H groups in total. The second-order valence-corrected chi connectivity index (χ2v) is 3.63. The first-order valence-electron chi connectivity index (χ1n) is 5.04. The summed E-state index contributed by atoms with van der Waals surface area (Å²) in [7, 11) is 1.73. The van der Waals surface area contributed by atoms with Gasteiger partial charge in [-0.25, -0.2) is 0 Å². The number of rotatable bonds is 7. The average Bonchev–Trinajstić information content (AvgIpc) is 2.23. The molecule has 0 bridgehead atoms. The lowest BCUT2D eigenvalue weighted by atomic mass is 10.2. The molecular formula is C10H16ClN3O. The summed E-state index contributed by atoms with van der Waals surface area (Å²) in [5.41, 5.74) is 0.918. The Morgan fingerprint density at radius 1 is 1.40 bits per heavy atom. The van der Waals surface area contributed by atoms with E-state index in [0.29, 0.717) is 5.15 Å². The van der Waals surface area contributed by atoms with Crippen LogP contribution in [-0.2, 0) is 4.74 Å². The number of hydrogen-bond acceptors (Lipinski definition) is 4. The first kappa shape index (κ1) is 12.2. The van der Waals surface area contributed by atoms with E-state index in [9.17, 15) is 0 Å². The van der Waals surface area contributed by atoms with Crippen LogP contribution in [0.2, 0.25) is 5.15 Å². The van der Waals surface area contributed by atoms with Gasteiger partial charge in [-0.15, -0.1) is 5.10 Å². The van der Waals surface area contributed by atoms with E-state index in [2.05, 4.69) is 15.5 Å². The van der Waals surface area contributed by atoms with Crippen LogP contribution in [0.25, 0.3) is 0 Å². The van der Waals surface area contributed by atoms with Gasteiger partial charge in [0.2, 0.25) is 0 Å². The van der Waals surface area contributed by atoms with E-state index in [4.69, 9.17) is 16.3 Å². The van der Waals surface area contributed by atoms with Gasteiger partial charge in [-0.3, -0.25) is 0 Å². The van der Waals surface area contributed by atoms with Crippen LogP contribution < -0.4 is 5.32 Å². The average molecular weight is 230 g/mol. The summed E-state index contributed by atoms with van der Waals surface area (Å²) in [6, 6.07) is 1.77. The van der Waals surface area contributed by atoms with Crippen LogP contribution in [0.15, 0.2) is 12.3 Å². The second kappa shape index (κ2) is 7.43. The maximum atomic E-state index is 5.70. The van der Waals surface area contributed by atoms with E-state index in [1.54, 1.807) is 19.4 Å². The highest BCUT2D eigenvalue weighted by Gasteiger charge is 1.94. The van der Waals surface area contributed by atoms with Crippen LogP contribution >= 0.6 is 11.6 Å². The lowest BCUT2D eigenvalue weighted by Crippen LogP contribution is -2.02. The largest absolute Gasteiger partial charge is 0.385 e. The number of nitrogens with one attached hydrogen (secondary N) is 1. The highest BCUT2D eigenvalue weighted by Crippen LogP contribution is 2.10. The van der Waals surface area contributed by atoms with Crippen LogP contribution in [0.5, 0.6) is 0 Å². The Bertz CT molecular complexity index is 283.